The van der Waals surface area contributed by atoms with Gasteiger partial charge in [-0.3, -0.25) is 0 Å². The van der Waals surface area contributed by atoms with Gasteiger partial charge in [0, 0.05) is 11.5 Å². The summed E-state index contributed by atoms with van der Waals surface area (Å²) >= 11 is 0. The first kappa shape index (κ1) is 18.6. The Hall–Kier alpha value is -3.21. The fourth-order valence-corrected chi connectivity index (χ4v) is 2.79. The van der Waals surface area contributed by atoms with Crippen LogP contribution in [0.5, 0.6) is 11.5 Å². The van der Waals surface area contributed by atoms with Crippen molar-refractivity contribution in [1.82, 2.24) is 0 Å². The van der Waals surface area contributed by atoms with Gasteiger partial charge in [0.15, 0.2) is 11.6 Å². The van der Waals surface area contributed by atoms with Gasteiger partial charge in [-0.2, -0.15) is 0 Å². The zero-order valence-electron chi connectivity index (χ0n) is 14.9. The van der Waals surface area contributed by atoms with E-state index in [0.29, 0.717) is 11.5 Å². The molecule has 0 aliphatic carbocycles. The van der Waals surface area contributed by atoms with E-state index in [4.69, 9.17) is 9.47 Å². The lowest BCUT2D eigenvalue weighted by Crippen LogP contribution is -2.11. The highest BCUT2D eigenvalue weighted by molar-refractivity contribution is 5.91. The normalized spacial score (nSPS) is 11.7. The summed E-state index contributed by atoms with van der Waals surface area (Å²) in [7, 11) is 1.55. The number of hydrogen-bond acceptors (Lipinski definition) is 3. The van der Waals surface area contributed by atoms with Crippen LogP contribution in [-0.4, -0.2) is 13.1 Å². The molecule has 0 bridgehead atoms. The molecule has 27 heavy (non-hydrogen) atoms. The van der Waals surface area contributed by atoms with Crippen LogP contribution in [0.1, 0.15) is 34.3 Å². The third kappa shape index (κ3) is 4.14. The molecule has 1 unspecified atom stereocenters. The minimum atomic E-state index is -1.10. The Morgan fingerprint density at radius 1 is 0.926 bits per heavy atom. The SMILES string of the molecule is COc1ccc(OC(=O)c2ccc(F)c(F)c2)c(C(C)c2ccccc2)c1. The molecule has 3 rings (SSSR count). The summed E-state index contributed by atoms with van der Waals surface area (Å²) in [4.78, 5) is 12.4. The number of benzene rings is 3. The number of carbonyl (C=O) groups is 1. The van der Waals surface area contributed by atoms with Crippen LogP contribution < -0.4 is 9.47 Å². The third-order valence-corrected chi connectivity index (χ3v) is 4.34. The quantitative estimate of drug-likeness (QED) is 0.450. The fraction of sp³-hybridized carbons (Fsp3) is 0.136. The molecule has 3 aromatic rings. The Morgan fingerprint density at radius 2 is 1.67 bits per heavy atom. The Morgan fingerprint density at radius 3 is 2.33 bits per heavy atom. The fourth-order valence-electron chi connectivity index (χ4n) is 2.79. The predicted molar refractivity (Wildman–Crippen MR) is 98.3 cm³/mol. The highest BCUT2D eigenvalue weighted by Gasteiger charge is 2.19. The van der Waals surface area contributed by atoms with E-state index >= 15 is 0 Å². The van der Waals surface area contributed by atoms with Gasteiger partial charge in [-0.05, 0) is 42.0 Å². The van der Waals surface area contributed by atoms with Gasteiger partial charge in [0.25, 0.3) is 0 Å². The van der Waals surface area contributed by atoms with Crippen LogP contribution in [0.3, 0.4) is 0 Å². The van der Waals surface area contributed by atoms with Gasteiger partial charge in [-0.15, -0.1) is 0 Å². The van der Waals surface area contributed by atoms with E-state index in [9.17, 15) is 13.6 Å². The van der Waals surface area contributed by atoms with Crippen LogP contribution in [0.15, 0.2) is 66.7 Å². The highest BCUT2D eigenvalue weighted by atomic mass is 19.2. The molecule has 0 saturated heterocycles. The molecule has 0 saturated carbocycles. The summed E-state index contributed by atoms with van der Waals surface area (Å²) in [5.74, 6) is -2.00. The molecule has 1 atom stereocenters. The zero-order valence-corrected chi connectivity index (χ0v) is 14.9. The van der Waals surface area contributed by atoms with Crippen LogP contribution in [0.4, 0.5) is 8.78 Å². The van der Waals surface area contributed by atoms with Crippen molar-refractivity contribution in [3.8, 4) is 11.5 Å². The molecule has 0 amide bonds. The highest BCUT2D eigenvalue weighted by Crippen LogP contribution is 2.35. The maximum atomic E-state index is 13.4. The Labute approximate surface area is 156 Å². The van der Waals surface area contributed by atoms with Crippen molar-refractivity contribution < 1.29 is 23.0 Å². The minimum Gasteiger partial charge on any atom is -0.497 e. The summed E-state index contributed by atoms with van der Waals surface area (Å²) in [5.41, 5.74) is 1.72. The van der Waals surface area contributed by atoms with E-state index in [2.05, 4.69) is 0 Å². The summed E-state index contributed by atoms with van der Waals surface area (Å²) < 4.78 is 37.3. The molecule has 0 fully saturated rings. The van der Waals surface area contributed by atoms with E-state index in [1.54, 1.807) is 25.3 Å². The maximum Gasteiger partial charge on any atom is 0.343 e. The Kier molecular flexibility index (Phi) is 5.50. The van der Waals surface area contributed by atoms with Crippen molar-refractivity contribution in [1.29, 1.82) is 0 Å². The van der Waals surface area contributed by atoms with Gasteiger partial charge in [0.1, 0.15) is 11.5 Å². The lowest BCUT2D eigenvalue weighted by atomic mass is 9.92. The van der Waals surface area contributed by atoms with Crippen molar-refractivity contribution >= 4 is 5.97 Å². The van der Waals surface area contributed by atoms with Gasteiger partial charge in [-0.1, -0.05) is 37.3 Å². The second-order valence-corrected chi connectivity index (χ2v) is 6.05. The molecule has 3 aromatic carbocycles. The van der Waals surface area contributed by atoms with Crippen molar-refractivity contribution in [2.75, 3.05) is 7.11 Å². The molecule has 138 valence electrons. The van der Waals surface area contributed by atoms with Crippen molar-refractivity contribution in [3.63, 3.8) is 0 Å². The molecule has 0 aliphatic rings. The van der Waals surface area contributed by atoms with Crippen LogP contribution >= 0.6 is 0 Å². The number of methoxy groups -OCH3 is 1. The maximum absolute atomic E-state index is 13.4. The number of esters is 1. The minimum absolute atomic E-state index is 0.0666. The summed E-state index contributed by atoms with van der Waals surface area (Å²) in [6.45, 7) is 1.99. The smallest absolute Gasteiger partial charge is 0.343 e. The summed E-state index contributed by atoms with van der Waals surface area (Å²) in [6.07, 6.45) is 0. The van der Waals surface area contributed by atoms with Gasteiger partial charge >= 0.3 is 5.97 Å². The van der Waals surface area contributed by atoms with Crippen LogP contribution in [0.2, 0.25) is 0 Å². The molecule has 0 aromatic heterocycles. The zero-order chi connectivity index (χ0) is 19.4. The van der Waals surface area contributed by atoms with Gasteiger partial charge in [0.05, 0.1) is 12.7 Å². The number of rotatable bonds is 5. The average Bonchev–Trinajstić information content (AvgIpc) is 2.70. The third-order valence-electron chi connectivity index (χ3n) is 4.34. The van der Waals surface area contributed by atoms with Gasteiger partial charge in [0.2, 0.25) is 0 Å². The molecule has 3 nitrogen and oxygen atoms in total. The molecular formula is C22H18F2O3. The monoisotopic (exact) mass is 368 g/mol. The van der Waals surface area contributed by atoms with Crippen molar-refractivity contribution in [2.24, 2.45) is 0 Å². The first-order valence-electron chi connectivity index (χ1n) is 8.39. The molecule has 5 heteroatoms. The Bertz CT molecular complexity index is 955. The van der Waals surface area contributed by atoms with E-state index in [-0.39, 0.29) is 11.5 Å². The number of hydrogen-bond donors (Lipinski definition) is 0. The van der Waals surface area contributed by atoms with Crippen molar-refractivity contribution in [2.45, 2.75) is 12.8 Å². The average molecular weight is 368 g/mol. The van der Waals surface area contributed by atoms with Crippen LogP contribution in [0.25, 0.3) is 0 Å². The summed E-state index contributed by atoms with van der Waals surface area (Å²) in [5, 5.41) is 0. The largest absolute Gasteiger partial charge is 0.497 e. The van der Waals surface area contributed by atoms with Gasteiger partial charge < -0.3 is 9.47 Å². The topological polar surface area (TPSA) is 35.5 Å². The first-order chi connectivity index (χ1) is 13.0. The molecule has 0 spiro atoms. The predicted octanol–water partition coefficient (Wildman–Crippen LogP) is 5.34. The number of ether oxygens (including phenoxy) is 2. The molecule has 0 heterocycles. The second kappa shape index (κ2) is 7.99. The van der Waals surface area contributed by atoms with Gasteiger partial charge in [-0.25, -0.2) is 13.6 Å². The second-order valence-electron chi connectivity index (χ2n) is 6.05. The van der Waals surface area contributed by atoms with E-state index in [1.165, 1.54) is 6.07 Å². The first-order valence-corrected chi connectivity index (χ1v) is 8.39. The lowest BCUT2D eigenvalue weighted by Gasteiger charge is -2.18. The standard InChI is InChI=1S/C22H18F2O3/c1-14(15-6-4-3-5-7-15)18-13-17(26-2)9-11-21(18)27-22(25)16-8-10-19(23)20(24)12-16/h3-14H,1-2H3. The molecule has 0 radical (unpaired) electrons. The lowest BCUT2D eigenvalue weighted by molar-refractivity contribution is 0.0732. The Balaban J connectivity index is 1.95. The molecule has 0 aliphatic heterocycles. The molecule has 0 N–H and O–H groups in total. The van der Waals surface area contributed by atoms with E-state index in [1.807, 2.05) is 37.3 Å². The van der Waals surface area contributed by atoms with E-state index in [0.717, 1.165) is 23.3 Å². The van der Waals surface area contributed by atoms with Crippen molar-refractivity contribution in [3.05, 3.63) is 95.1 Å². The van der Waals surface area contributed by atoms with Crippen LogP contribution in [-0.2, 0) is 0 Å². The number of carbonyl (C=O) groups excluding carboxylic acids is 1. The molecular weight excluding hydrogens is 350 g/mol. The van der Waals surface area contributed by atoms with E-state index < -0.39 is 17.6 Å². The summed E-state index contributed by atoms with van der Waals surface area (Å²) in [6, 6.07) is 17.7. The van der Waals surface area contributed by atoms with Crippen LogP contribution in [0, 0.1) is 11.6 Å². The number of halogens is 2.